The summed E-state index contributed by atoms with van der Waals surface area (Å²) in [4.78, 5) is 28.5. The van der Waals surface area contributed by atoms with Gasteiger partial charge in [0.1, 0.15) is 0 Å². The first-order chi connectivity index (χ1) is 11.5. The van der Waals surface area contributed by atoms with Gasteiger partial charge in [-0.15, -0.1) is 0 Å². The lowest BCUT2D eigenvalue weighted by atomic mass is 10.1. The van der Waals surface area contributed by atoms with Gasteiger partial charge in [0.2, 0.25) is 5.91 Å². The lowest BCUT2D eigenvalue weighted by molar-refractivity contribution is -0.121. The highest BCUT2D eigenvalue weighted by atomic mass is 16.2. The molecule has 0 radical (unpaired) electrons. The maximum absolute atomic E-state index is 12.6. The first-order valence-corrected chi connectivity index (χ1v) is 8.67. The number of carbonyl (C=O) groups excluding carboxylic acids is 2. The van der Waals surface area contributed by atoms with E-state index < -0.39 is 0 Å². The molecule has 0 aromatic heterocycles. The molecule has 0 unspecified atom stereocenters. The van der Waals surface area contributed by atoms with Crippen molar-refractivity contribution in [3.63, 3.8) is 0 Å². The van der Waals surface area contributed by atoms with Gasteiger partial charge >= 0.3 is 6.03 Å². The van der Waals surface area contributed by atoms with Crippen molar-refractivity contribution in [2.24, 2.45) is 5.92 Å². The first-order valence-electron chi connectivity index (χ1n) is 8.67. The Morgan fingerprint density at radius 2 is 2.08 bits per heavy atom. The number of nitrogens with zero attached hydrogens (tertiary/aromatic N) is 2. The molecule has 3 rings (SSSR count). The molecule has 6 nitrogen and oxygen atoms in total. The van der Waals surface area contributed by atoms with Gasteiger partial charge in [0.15, 0.2) is 0 Å². The van der Waals surface area contributed by atoms with Crippen LogP contribution in [0.2, 0.25) is 0 Å². The number of anilines is 2. The predicted molar refractivity (Wildman–Crippen MR) is 95.4 cm³/mol. The van der Waals surface area contributed by atoms with Crippen molar-refractivity contribution in [3.8, 4) is 0 Å². The zero-order chi connectivity index (χ0) is 17.3. The molecule has 0 bridgehead atoms. The summed E-state index contributed by atoms with van der Waals surface area (Å²) in [7, 11) is 3.89. The Morgan fingerprint density at radius 1 is 1.33 bits per heavy atom. The third kappa shape index (κ3) is 3.38. The van der Waals surface area contributed by atoms with Crippen LogP contribution in [0.15, 0.2) is 18.2 Å². The molecule has 2 N–H and O–H groups in total. The van der Waals surface area contributed by atoms with Crippen LogP contribution in [0, 0.1) is 5.92 Å². The number of hydrogen-bond donors (Lipinski definition) is 2. The summed E-state index contributed by atoms with van der Waals surface area (Å²) in [6, 6.07) is 5.68. The Bertz CT molecular complexity index is 638. The fraction of sp³-hybridized carbons (Fsp3) is 0.556. The first kappa shape index (κ1) is 16.8. The average Bonchev–Trinajstić information content (AvgIpc) is 3.25. The highest BCUT2D eigenvalue weighted by Gasteiger charge is 2.37. The number of nitrogens with one attached hydrogen (secondary N) is 2. The summed E-state index contributed by atoms with van der Waals surface area (Å²) in [5.41, 5.74) is 2.79. The van der Waals surface area contributed by atoms with Crippen LogP contribution in [0.5, 0.6) is 0 Å². The standard InChI is InChI=1S/C18H26N4O2/c1-4-19-18(24)22-10-9-12-7-8-14(11-15(12)22)20-17(23)16(21(2)3)13-5-6-13/h7-8,11,13,16H,4-6,9-10H2,1-3H3,(H,19,24)(H,20,23)/t16-/m0/s1. The smallest absolute Gasteiger partial charge is 0.321 e. The zero-order valence-electron chi connectivity index (χ0n) is 14.6. The average molecular weight is 330 g/mol. The van der Waals surface area contributed by atoms with Crippen molar-refractivity contribution in [1.82, 2.24) is 10.2 Å². The van der Waals surface area contributed by atoms with Crippen molar-refractivity contribution in [2.75, 3.05) is 37.4 Å². The van der Waals surface area contributed by atoms with Crippen LogP contribution in [-0.4, -0.2) is 50.1 Å². The Kier molecular flexibility index (Phi) is 4.76. The van der Waals surface area contributed by atoms with Crippen molar-refractivity contribution >= 4 is 23.3 Å². The van der Waals surface area contributed by atoms with Crippen molar-refractivity contribution in [2.45, 2.75) is 32.2 Å². The SMILES string of the molecule is CCNC(=O)N1CCc2ccc(NC(=O)[C@H](C3CC3)N(C)C)cc21. The number of benzene rings is 1. The number of urea groups is 1. The van der Waals surface area contributed by atoms with Crippen molar-refractivity contribution in [1.29, 1.82) is 0 Å². The zero-order valence-corrected chi connectivity index (χ0v) is 14.6. The van der Waals surface area contributed by atoms with E-state index in [1.165, 1.54) is 0 Å². The fourth-order valence-corrected chi connectivity index (χ4v) is 3.41. The quantitative estimate of drug-likeness (QED) is 0.868. The van der Waals surface area contributed by atoms with Crippen LogP contribution >= 0.6 is 0 Å². The molecule has 1 saturated carbocycles. The van der Waals surface area contributed by atoms with E-state index >= 15 is 0 Å². The van der Waals surface area contributed by atoms with Gasteiger partial charge < -0.3 is 10.6 Å². The minimum Gasteiger partial charge on any atom is -0.338 e. The predicted octanol–water partition coefficient (Wildman–Crippen LogP) is 2.06. The second-order valence-corrected chi connectivity index (χ2v) is 6.82. The number of hydrogen-bond acceptors (Lipinski definition) is 3. The molecular weight excluding hydrogens is 304 g/mol. The maximum atomic E-state index is 12.6. The van der Waals surface area contributed by atoms with Crippen LogP contribution in [0.4, 0.5) is 16.2 Å². The van der Waals surface area contributed by atoms with E-state index in [-0.39, 0.29) is 18.0 Å². The molecule has 6 heteroatoms. The second-order valence-electron chi connectivity index (χ2n) is 6.82. The summed E-state index contributed by atoms with van der Waals surface area (Å²) >= 11 is 0. The molecule has 0 saturated heterocycles. The van der Waals surface area contributed by atoms with Gasteiger partial charge in [-0.25, -0.2) is 4.79 Å². The molecule has 1 heterocycles. The lowest BCUT2D eigenvalue weighted by Gasteiger charge is -2.23. The normalized spacial score (nSPS) is 17.6. The fourth-order valence-electron chi connectivity index (χ4n) is 3.41. The van der Waals surface area contributed by atoms with Gasteiger partial charge in [-0.3, -0.25) is 14.6 Å². The molecule has 130 valence electrons. The van der Waals surface area contributed by atoms with Crippen molar-refractivity contribution < 1.29 is 9.59 Å². The van der Waals surface area contributed by atoms with E-state index in [0.29, 0.717) is 19.0 Å². The molecule has 24 heavy (non-hydrogen) atoms. The lowest BCUT2D eigenvalue weighted by Crippen LogP contribution is -2.41. The van der Waals surface area contributed by atoms with E-state index in [4.69, 9.17) is 0 Å². The summed E-state index contributed by atoms with van der Waals surface area (Å²) in [6.07, 6.45) is 3.08. The molecule has 2 aliphatic rings. The Balaban J connectivity index is 1.75. The van der Waals surface area contributed by atoms with Gasteiger partial charge in [0.25, 0.3) is 0 Å². The molecule has 1 aromatic rings. The van der Waals surface area contributed by atoms with Gasteiger partial charge in [0.05, 0.1) is 11.7 Å². The number of rotatable bonds is 5. The van der Waals surface area contributed by atoms with Gasteiger partial charge in [0, 0.05) is 18.8 Å². The molecule has 1 atom stereocenters. The minimum absolute atomic E-state index is 0.0324. The van der Waals surface area contributed by atoms with Crippen LogP contribution in [0.1, 0.15) is 25.3 Å². The van der Waals surface area contributed by atoms with Gasteiger partial charge in [-0.2, -0.15) is 0 Å². The molecule has 3 amide bonds. The van der Waals surface area contributed by atoms with Crippen LogP contribution in [-0.2, 0) is 11.2 Å². The third-order valence-corrected chi connectivity index (χ3v) is 4.72. The Labute approximate surface area is 143 Å². The summed E-state index contributed by atoms with van der Waals surface area (Å²) < 4.78 is 0. The Morgan fingerprint density at radius 3 is 2.71 bits per heavy atom. The number of likely N-dealkylation sites (N-methyl/N-ethyl adjacent to an activating group) is 1. The van der Waals surface area contributed by atoms with Gasteiger partial charge in [-0.05, 0) is 63.9 Å². The van der Waals surface area contributed by atoms with E-state index in [2.05, 4.69) is 10.6 Å². The molecule has 1 fully saturated rings. The van der Waals surface area contributed by atoms with Crippen LogP contribution < -0.4 is 15.5 Å². The molecule has 0 spiro atoms. The van der Waals surface area contributed by atoms with Crippen molar-refractivity contribution in [3.05, 3.63) is 23.8 Å². The van der Waals surface area contributed by atoms with Crippen LogP contribution in [0.25, 0.3) is 0 Å². The molecule has 1 aliphatic carbocycles. The number of amides is 3. The highest BCUT2D eigenvalue weighted by Crippen LogP contribution is 2.36. The van der Waals surface area contributed by atoms with E-state index in [1.807, 2.05) is 44.1 Å². The van der Waals surface area contributed by atoms with E-state index in [1.54, 1.807) is 4.90 Å². The molecule has 1 aromatic carbocycles. The van der Waals surface area contributed by atoms with Crippen LogP contribution in [0.3, 0.4) is 0 Å². The topological polar surface area (TPSA) is 64.7 Å². The summed E-state index contributed by atoms with van der Waals surface area (Å²) in [6.45, 7) is 3.19. The number of carbonyl (C=O) groups is 2. The summed E-state index contributed by atoms with van der Waals surface area (Å²) in [5, 5.41) is 5.86. The summed E-state index contributed by atoms with van der Waals surface area (Å²) in [5.74, 6) is 0.492. The number of fused-ring (bicyclic) bond motifs is 1. The molecule has 1 aliphatic heterocycles. The second kappa shape index (κ2) is 6.81. The van der Waals surface area contributed by atoms with E-state index in [9.17, 15) is 9.59 Å². The largest absolute Gasteiger partial charge is 0.338 e. The minimum atomic E-state index is -0.0854. The maximum Gasteiger partial charge on any atom is 0.321 e. The van der Waals surface area contributed by atoms with Gasteiger partial charge in [-0.1, -0.05) is 6.07 Å². The highest BCUT2D eigenvalue weighted by molar-refractivity contribution is 5.98. The van der Waals surface area contributed by atoms with E-state index in [0.717, 1.165) is 36.2 Å². The monoisotopic (exact) mass is 330 g/mol. The Hall–Kier alpha value is -2.08. The third-order valence-electron chi connectivity index (χ3n) is 4.72. The molecular formula is C18H26N4O2.